The Hall–Kier alpha value is -5.66. The van der Waals surface area contributed by atoms with Crippen LogP contribution in [0, 0.1) is 0 Å². The summed E-state index contributed by atoms with van der Waals surface area (Å²) in [6.07, 6.45) is 7.73. The van der Waals surface area contributed by atoms with Crippen LogP contribution in [0.1, 0.15) is 70.2 Å². The molecule has 2 heterocycles. The van der Waals surface area contributed by atoms with Crippen LogP contribution < -0.4 is 0 Å². The van der Waals surface area contributed by atoms with E-state index in [2.05, 4.69) is 109 Å². The summed E-state index contributed by atoms with van der Waals surface area (Å²) in [5.41, 5.74) is 7.59. The smallest absolute Gasteiger partial charge is 0.184 e. The number of fused-ring (bicyclic) bond motifs is 2. The zero-order chi connectivity index (χ0) is 33.4. The maximum Gasteiger partial charge on any atom is 0.184 e. The molecule has 1 unspecified atom stereocenters. The number of tetrazole rings is 1. The lowest BCUT2D eigenvalue weighted by atomic mass is 9.68. The van der Waals surface area contributed by atoms with E-state index in [-0.39, 0.29) is 11.2 Å². The minimum absolute atomic E-state index is 0.222. The molecule has 0 radical (unpaired) electrons. The maximum absolute atomic E-state index is 12.6. The van der Waals surface area contributed by atoms with Crippen molar-refractivity contribution in [1.82, 2.24) is 29.8 Å². The second kappa shape index (κ2) is 12.7. The van der Waals surface area contributed by atoms with Gasteiger partial charge in [0.1, 0.15) is 17.1 Å². The molecular weight excluding hydrogens is 628 g/mol. The van der Waals surface area contributed by atoms with Crippen LogP contribution in [0.4, 0.5) is 0 Å². The molecule has 0 saturated heterocycles. The van der Waals surface area contributed by atoms with Crippen LogP contribution in [0.15, 0.2) is 145 Å². The number of hydrogen-bond donors (Lipinski definition) is 0. The molecule has 0 amide bonds. The van der Waals surface area contributed by atoms with Gasteiger partial charge in [-0.15, -0.1) is 5.10 Å². The molecule has 0 fully saturated rings. The number of hydrogen-bond acceptors (Lipinski definition) is 5. The van der Waals surface area contributed by atoms with E-state index < -0.39 is 5.54 Å². The fourth-order valence-corrected chi connectivity index (χ4v) is 7.69. The molecule has 6 aromatic rings. The maximum atomic E-state index is 12.6. The van der Waals surface area contributed by atoms with Gasteiger partial charge in [0.2, 0.25) is 0 Å². The van der Waals surface area contributed by atoms with E-state index in [9.17, 15) is 4.79 Å². The van der Waals surface area contributed by atoms with Crippen molar-refractivity contribution >= 4 is 29.0 Å². The van der Waals surface area contributed by atoms with Crippen molar-refractivity contribution in [3.8, 4) is 0 Å². The summed E-state index contributed by atoms with van der Waals surface area (Å²) in [4.78, 5) is 17.3. The molecule has 0 aliphatic heterocycles. The summed E-state index contributed by atoms with van der Waals surface area (Å²) in [6.45, 7) is 2.14. The molecule has 1 atom stereocenters. The Kier molecular flexibility index (Phi) is 7.98. The number of aromatic nitrogens is 6. The Balaban J connectivity index is 1.42. The fourth-order valence-electron chi connectivity index (χ4n) is 7.45. The van der Waals surface area contributed by atoms with E-state index in [1.54, 1.807) is 0 Å². The van der Waals surface area contributed by atoms with Crippen molar-refractivity contribution in [2.24, 2.45) is 0 Å². The Labute approximate surface area is 289 Å². The highest BCUT2D eigenvalue weighted by molar-refractivity contribution is 6.31. The summed E-state index contributed by atoms with van der Waals surface area (Å²) >= 11 is 6.64. The van der Waals surface area contributed by atoms with Gasteiger partial charge >= 0.3 is 0 Å². The first-order chi connectivity index (χ1) is 24.2. The van der Waals surface area contributed by atoms with Gasteiger partial charge in [-0.3, -0.25) is 4.79 Å². The van der Waals surface area contributed by atoms with E-state index in [4.69, 9.17) is 26.9 Å². The second-order valence-corrected chi connectivity index (χ2v) is 12.6. The fraction of sp³-hybridized carbons (Fsp3) is 0.146. The molecule has 0 N–H and O–H groups in total. The Morgan fingerprint density at radius 2 is 1.37 bits per heavy atom. The minimum atomic E-state index is -0.911. The lowest BCUT2D eigenvalue weighted by Gasteiger charge is -2.43. The average molecular weight is 661 g/mol. The lowest BCUT2D eigenvalue weighted by molar-refractivity contribution is 0.111. The molecule has 4 aromatic carbocycles. The van der Waals surface area contributed by atoms with Crippen molar-refractivity contribution in [3.63, 3.8) is 0 Å². The van der Waals surface area contributed by atoms with Gasteiger partial charge in [-0.25, -0.2) is 9.67 Å². The topological polar surface area (TPSA) is 78.5 Å². The first-order valence-electron chi connectivity index (χ1n) is 16.6. The molecule has 2 aromatic heterocycles. The van der Waals surface area contributed by atoms with Gasteiger partial charge in [-0.05, 0) is 55.8 Å². The molecule has 240 valence electrons. The first-order valence-corrected chi connectivity index (χ1v) is 17.0. The van der Waals surface area contributed by atoms with Gasteiger partial charge in [0.25, 0.3) is 0 Å². The Morgan fingerprint density at radius 3 is 1.92 bits per heavy atom. The second-order valence-electron chi connectivity index (χ2n) is 12.3. The monoisotopic (exact) mass is 660 g/mol. The van der Waals surface area contributed by atoms with E-state index in [1.165, 1.54) is 0 Å². The number of halogens is 1. The highest BCUT2D eigenvalue weighted by Gasteiger charge is 2.48. The van der Waals surface area contributed by atoms with Gasteiger partial charge < -0.3 is 4.57 Å². The average Bonchev–Trinajstić information content (AvgIpc) is 3.76. The highest BCUT2D eigenvalue weighted by Crippen LogP contribution is 2.58. The van der Waals surface area contributed by atoms with Gasteiger partial charge in [-0.1, -0.05) is 158 Å². The standard InChI is InChI=1S/C41H33ClN6O/c1-2-3-24-35-43-39(42)34(27-49)47(35)38-33-26-25-32(28-16-8-4-9-17-28)36(38)37(33)40-44-45-46-48(40)41(29-18-10-5-11-19-29,30-20-12-6-13-21-30)31-22-14-7-15-23-31/h4-23,25-27,38H,2-3,24H2,1H3. The zero-order valence-corrected chi connectivity index (χ0v) is 27.7. The molecule has 0 spiro atoms. The van der Waals surface area contributed by atoms with Gasteiger partial charge in [0, 0.05) is 12.0 Å². The molecule has 7 nitrogen and oxygen atoms in total. The van der Waals surface area contributed by atoms with Gasteiger partial charge in [-0.2, -0.15) is 0 Å². The Bertz CT molecular complexity index is 2140. The van der Waals surface area contributed by atoms with Crippen LogP contribution in [0.5, 0.6) is 0 Å². The molecule has 2 aliphatic rings. The van der Waals surface area contributed by atoms with Crippen molar-refractivity contribution in [2.75, 3.05) is 0 Å². The third-order valence-electron chi connectivity index (χ3n) is 9.62. The number of rotatable bonds is 11. The van der Waals surface area contributed by atoms with Gasteiger partial charge in [0.15, 0.2) is 17.3 Å². The summed E-state index contributed by atoms with van der Waals surface area (Å²) < 4.78 is 4.00. The molecule has 2 bridgehead atoms. The van der Waals surface area contributed by atoms with E-state index >= 15 is 0 Å². The predicted molar refractivity (Wildman–Crippen MR) is 192 cm³/mol. The summed E-state index contributed by atoms with van der Waals surface area (Å²) in [5.74, 6) is 1.42. The number of imidazole rings is 1. The normalized spacial score (nSPS) is 15.4. The number of allylic oxidation sites excluding steroid dienone is 6. The van der Waals surface area contributed by atoms with Crippen molar-refractivity contribution in [2.45, 2.75) is 37.8 Å². The number of carbonyl (C=O) groups excluding carboxylic acids is 1. The quantitative estimate of drug-likeness (QED) is 0.103. The molecular formula is C41H33ClN6O. The predicted octanol–water partition coefficient (Wildman–Crippen LogP) is 8.55. The third-order valence-corrected chi connectivity index (χ3v) is 9.89. The van der Waals surface area contributed by atoms with Crippen LogP contribution in [0.3, 0.4) is 0 Å². The number of nitrogens with zero attached hydrogens (tertiary/aromatic N) is 6. The summed E-state index contributed by atoms with van der Waals surface area (Å²) in [6, 6.07) is 41.2. The molecule has 2 aliphatic carbocycles. The van der Waals surface area contributed by atoms with Gasteiger partial charge in [0.05, 0.1) is 6.04 Å². The van der Waals surface area contributed by atoms with Crippen LogP contribution in [0.2, 0.25) is 5.15 Å². The molecule has 49 heavy (non-hydrogen) atoms. The molecule has 8 rings (SSSR count). The number of benzene rings is 4. The van der Waals surface area contributed by atoms with Crippen LogP contribution >= 0.6 is 11.6 Å². The molecule has 0 saturated carbocycles. The van der Waals surface area contributed by atoms with Crippen molar-refractivity contribution in [3.05, 3.63) is 189 Å². The van der Waals surface area contributed by atoms with Crippen LogP contribution in [-0.2, 0) is 12.0 Å². The highest BCUT2D eigenvalue weighted by atomic mass is 35.5. The number of unbranched alkanes of at least 4 members (excludes halogenated alkanes) is 1. The minimum Gasteiger partial charge on any atom is -0.313 e. The van der Waals surface area contributed by atoms with E-state index in [1.807, 2.05) is 45.6 Å². The van der Waals surface area contributed by atoms with E-state index in [0.29, 0.717) is 17.9 Å². The largest absolute Gasteiger partial charge is 0.313 e. The summed E-state index contributed by atoms with van der Waals surface area (Å²) in [7, 11) is 0. The number of aldehydes is 1. The van der Waals surface area contributed by atoms with Crippen LogP contribution in [-0.4, -0.2) is 36.0 Å². The zero-order valence-electron chi connectivity index (χ0n) is 26.9. The Morgan fingerprint density at radius 1 is 0.796 bits per heavy atom. The number of carbonyl (C=O) groups is 1. The summed E-state index contributed by atoms with van der Waals surface area (Å²) in [5, 5.41) is 14.2. The van der Waals surface area contributed by atoms with E-state index in [0.717, 1.165) is 69.5 Å². The van der Waals surface area contributed by atoms with Crippen molar-refractivity contribution < 1.29 is 4.79 Å². The SMILES string of the molecule is CCCCc1nc(Cl)c(C=O)n1C1c2ccc(-c3ccccc3)c1c2-c1nnnn1C(c1ccccc1)(c1ccccc1)c1ccccc1. The lowest BCUT2D eigenvalue weighted by Crippen LogP contribution is -2.41. The van der Waals surface area contributed by atoms with Crippen LogP contribution in [0.25, 0.3) is 11.1 Å². The van der Waals surface area contributed by atoms with Crippen molar-refractivity contribution in [1.29, 1.82) is 0 Å². The first kappa shape index (κ1) is 30.7. The molecule has 8 heteroatoms. The number of aryl methyl sites for hydroxylation is 1. The third kappa shape index (κ3) is 4.84.